The van der Waals surface area contributed by atoms with E-state index in [2.05, 4.69) is 20.0 Å². The summed E-state index contributed by atoms with van der Waals surface area (Å²) in [5, 5.41) is 4.31. The molecule has 134 valence electrons. The molecule has 1 atom stereocenters. The summed E-state index contributed by atoms with van der Waals surface area (Å²) in [6.45, 7) is 9.92. The molecule has 25 heavy (non-hydrogen) atoms. The van der Waals surface area contributed by atoms with Crippen LogP contribution in [-0.4, -0.2) is 44.9 Å². The fourth-order valence-corrected chi connectivity index (χ4v) is 3.26. The monoisotopic (exact) mass is 343 g/mol. The summed E-state index contributed by atoms with van der Waals surface area (Å²) in [4.78, 5) is 23.5. The minimum Gasteiger partial charge on any atom is -0.456 e. The van der Waals surface area contributed by atoms with E-state index in [1.807, 2.05) is 33.8 Å². The van der Waals surface area contributed by atoms with Gasteiger partial charge in [-0.15, -0.1) is 0 Å². The van der Waals surface area contributed by atoms with Gasteiger partial charge >= 0.3 is 5.97 Å². The molecule has 0 N–H and O–H groups in total. The molecule has 1 saturated heterocycles. The van der Waals surface area contributed by atoms with Crippen molar-refractivity contribution >= 4 is 11.8 Å². The van der Waals surface area contributed by atoms with Crippen LogP contribution >= 0.6 is 0 Å². The average molecular weight is 343 g/mol. The number of esters is 1. The van der Waals surface area contributed by atoms with E-state index < -0.39 is 0 Å². The number of anilines is 1. The van der Waals surface area contributed by atoms with Crippen molar-refractivity contribution in [3.8, 4) is 0 Å². The Balaban J connectivity index is 1.70. The van der Waals surface area contributed by atoms with Gasteiger partial charge in [0.1, 0.15) is 23.4 Å². The highest BCUT2D eigenvalue weighted by atomic mass is 16.5. The van der Waals surface area contributed by atoms with E-state index in [0.29, 0.717) is 18.8 Å². The fourth-order valence-electron chi connectivity index (χ4n) is 3.26. The van der Waals surface area contributed by atoms with Crippen LogP contribution in [0.1, 0.15) is 47.5 Å². The summed E-state index contributed by atoms with van der Waals surface area (Å²) in [6, 6.07) is 3.76. The molecule has 3 heterocycles. The maximum Gasteiger partial charge on any atom is 0.356 e. The molecular formula is C18H25N5O2. The quantitative estimate of drug-likeness (QED) is 0.794. The van der Waals surface area contributed by atoms with Gasteiger partial charge in [-0.3, -0.25) is 4.68 Å². The van der Waals surface area contributed by atoms with E-state index in [9.17, 15) is 4.79 Å². The fraction of sp³-hybridized carbons (Fsp3) is 0.556. The lowest BCUT2D eigenvalue weighted by Gasteiger charge is -2.33. The van der Waals surface area contributed by atoms with Crippen LogP contribution in [0.25, 0.3) is 0 Å². The van der Waals surface area contributed by atoms with E-state index in [4.69, 9.17) is 4.74 Å². The van der Waals surface area contributed by atoms with E-state index in [0.717, 1.165) is 42.4 Å². The molecule has 0 saturated carbocycles. The predicted molar refractivity (Wildman–Crippen MR) is 94.8 cm³/mol. The van der Waals surface area contributed by atoms with Gasteiger partial charge < -0.3 is 9.64 Å². The first-order valence-electron chi connectivity index (χ1n) is 8.79. The lowest BCUT2D eigenvalue weighted by Crippen LogP contribution is -2.41. The molecule has 0 aliphatic carbocycles. The number of rotatable bonds is 4. The second-order valence-electron chi connectivity index (χ2n) is 6.52. The molecule has 0 aromatic carbocycles. The number of carbonyl (C=O) groups excluding carboxylic acids is 1. The number of carbonyl (C=O) groups is 1. The molecule has 0 bridgehead atoms. The van der Waals surface area contributed by atoms with Crippen LogP contribution in [0, 0.1) is 20.8 Å². The second-order valence-corrected chi connectivity index (χ2v) is 6.52. The number of ether oxygens (including phenoxy) is 1. The summed E-state index contributed by atoms with van der Waals surface area (Å²) in [5.41, 5.74) is 2.29. The van der Waals surface area contributed by atoms with E-state index >= 15 is 0 Å². The summed E-state index contributed by atoms with van der Waals surface area (Å²) >= 11 is 0. The Morgan fingerprint density at radius 2 is 2.04 bits per heavy atom. The van der Waals surface area contributed by atoms with Crippen molar-refractivity contribution in [2.24, 2.45) is 0 Å². The first kappa shape index (κ1) is 17.4. The molecule has 1 aliphatic heterocycles. The van der Waals surface area contributed by atoms with Gasteiger partial charge in [-0.05, 0) is 46.6 Å². The van der Waals surface area contributed by atoms with E-state index in [1.54, 1.807) is 10.7 Å². The van der Waals surface area contributed by atoms with Gasteiger partial charge in [0.2, 0.25) is 0 Å². The third-order valence-corrected chi connectivity index (χ3v) is 4.34. The largest absolute Gasteiger partial charge is 0.456 e. The Hall–Kier alpha value is -2.44. The molecule has 3 rings (SSSR count). The van der Waals surface area contributed by atoms with Gasteiger partial charge in [0.25, 0.3) is 0 Å². The predicted octanol–water partition coefficient (Wildman–Crippen LogP) is 2.44. The minimum atomic E-state index is -0.302. The Bertz CT molecular complexity index is 751. The minimum absolute atomic E-state index is 0.141. The van der Waals surface area contributed by atoms with Crippen LogP contribution in [0.15, 0.2) is 12.1 Å². The number of aryl methyl sites for hydroxylation is 4. The van der Waals surface area contributed by atoms with Crippen LogP contribution < -0.4 is 4.90 Å². The van der Waals surface area contributed by atoms with E-state index in [1.165, 1.54) is 0 Å². The first-order valence-corrected chi connectivity index (χ1v) is 8.79. The smallest absolute Gasteiger partial charge is 0.356 e. The van der Waals surface area contributed by atoms with Crippen molar-refractivity contribution in [1.29, 1.82) is 0 Å². The van der Waals surface area contributed by atoms with Crippen LogP contribution in [0.4, 0.5) is 5.82 Å². The van der Waals surface area contributed by atoms with Gasteiger partial charge in [0.05, 0.1) is 12.2 Å². The Labute approximate surface area is 148 Å². The summed E-state index contributed by atoms with van der Waals surface area (Å²) < 4.78 is 7.45. The first-order chi connectivity index (χ1) is 12.0. The maximum atomic E-state index is 12.5. The van der Waals surface area contributed by atoms with Crippen molar-refractivity contribution in [2.75, 3.05) is 18.0 Å². The zero-order valence-electron chi connectivity index (χ0n) is 15.3. The molecule has 0 radical (unpaired) electrons. The molecule has 1 fully saturated rings. The normalized spacial score (nSPS) is 17.6. The van der Waals surface area contributed by atoms with Crippen molar-refractivity contribution in [2.45, 2.75) is 53.2 Å². The van der Waals surface area contributed by atoms with Crippen LogP contribution in [0.2, 0.25) is 0 Å². The lowest BCUT2D eigenvalue weighted by atomic mass is 10.1. The number of aromatic nitrogens is 4. The zero-order chi connectivity index (χ0) is 18.0. The second kappa shape index (κ2) is 7.21. The summed E-state index contributed by atoms with van der Waals surface area (Å²) in [7, 11) is 0. The number of nitrogens with zero attached hydrogens (tertiary/aromatic N) is 5. The number of hydrogen-bond acceptors (Lipinski definition) is 6. The van der Waals surface area contributed by atoms with Gasteiger partial charge in [0, 0.05) is 24.8 Å². The Morgan fingerprint density at radius 3 is 2.76 bits per heavy atom. The van der Waals surface area contributed by atoms with Crippen LogP contribution in [0.5, 0.6) is 0 Å². The number of piperidine rings is 1. The molecule has 0 amide bonds. The standard InChI is InChI=1S/C18H25N5O2/c1-5-23-16(9-13(3)21-23)18(24)25-15-7-6-8-22(11-15)17-10-12(2)19-14(4)20-17/h9-10,15H,5-8,11H2,1-4H3/t15-/m0/s1. The van der Waals surface area contributed by atoms with Crippen LogP contribution in [0.3, 0.4) is 0 Å². The molecule has 2 aromatic rings. The SMILES string of the molecule is CCn1nc(C)cc1C(=O)O[C@H]1CCCN(c2cc(C)nc(C)n2)C1. The van der Waals surface area contributed by atoms with Crippen molar-refractivity contribution in [1.82, 2.24) is 19.7 Å². The van der Waals surface area contributed by atoms with Crippen molar-refractivity contribution in [3.63, 3.8) is 0 Å². The third-order valence-electron chi connectivity index (χ3n) is 4.34. The maximum absolute atomic E-state index is 12.5. The zero-order valence-corrected chi connectivity index (χ0v) is 15.3. The van der Waals surface area contributed by atoms with Crippen LogP contribution in [-0.2, 0) is 11.3 Å². The Morgan fingerprint density at radius 1 is 1.24 bits per heavy atom. The van der Waals surface area contributed by atoms with E-state index in [-0.39, 0.29) is 12.1 Å². The van der Waals surface area contributed by atoms with Gasteiger partial charge in [-0.2, -0.15) is 5.10 Å². The van der Waals surface area contributed by atoms with Crippen molar-refractivity contribution in [3.05, 3.63) is 35.0 Å². The summed E-state index contributed by atoms with van der Waals surface area (Å²) in [6.07, 6.45) is 1.69. The molecule has 7 nitrogen and oxygen atoms in total. The molecule has 1 aliphatic rings. The third kappa shape index (κ3) is 3.97. The topological polar surface area (TPSA) is 73.1 Å². The van der Waals surface area contributed by atoms with Crippen molar-refractivity contribution < 1.29 is 9.53 Å². The molecule has 0 unspecified atom stereocenters. The summed E-state index contributed by atoms with van der Waals surface area (Å²) in [5.74, 6) is 1.36. The van der Waals surface area contributed by atoms with Gasteiger partial charge in [-0.25, -0.2) is 14.8 Å². The highest BCUT2D eigenvalue weighted by Gasteiger charge is 2.26. The number of hydrogen-bond donors (Lipinski definition) is 0. The molecule has 0 spiro atoms. The highest BCUT2D eigenvalue weighted by molar-refractivity contribution is 5.87. The molecule has 2 aromatic heterocycles. The molecular weight excluding hydrogens is 318 g/mol. The van der Waals surface area contributed by atoms with Gasteiger partial charge in [-0.1, -0.05) is 0 Å². The molecule has 7 heteroatoms. The highest BCUT2D eigenvalue weighted by Crippen LogP contribution is 2.21. The van der Waals surface area contributed by atoms with Gasteiger partial charge in [0.15, 0.2) is 0 Å². The lowest BCUT2D eigenvalue weighted by molar-refractivity contribution is 0.0255. The average Bonchev–Trinajstić information content (AvgIpc) is 2.95. The Kier molecular flexibility index (Phi) is 5.01.